The van der Waals surface area contributed by atoms with E-state index in [1.54, 1.807) is 0 Å². The van der Waals surface area contributed by atoms with Crippen molar-refractivity contribution in [1.29, 1.82) is 5.39 Å². The van der Waals surface area contributed by atoms with Crippen LogP contribution in [0.5, 0.6) is 5.88 Å². The molecule has 0 saturated carbocycles. The van der Waals surface area contributed by atoms with E-state index in [9.17, 15) is 9.90 Å². The minimum Gasteiger partial charge on any atom is -0.853 e. The molecule has 0 aliphatic carbocycles. The van der Waals surface area contributed by atoms with E-state index in [0.29, 0.717) is 0 Å². The molecular formula is C4H3N5O2. The number of rotatable bonds is 0. The van der Waals surface area contributed by atoms with Gasteiger partial charge in [-0.2, -0.15) is 0 Å². The molecule has 56 valence electrons. The number of aromatic nitrogens is 2. The molecule has 0 atom stereocenters. The van der Waals surface area contributed by atoms with E-state index in [-0.39, 0.29) is 5.95 Å². The van der Waals surface area contributed by atoms with Gasteiger partial charge in [-0.05, 0) is 0 Å². The fraction of sp³-hybridized carbons (Fsp3) is 0. The molecule has 7 nitrogen and oxygen atoms in total. The number of hydrogen-bond acceptors (Lipinski definition) is 5. The van der Waals surface area contributed by atoms with Gasteiger partial charge in [0, 0.05) is 0 Å². The number of anilines is 1. The number of aromatic amines is 1. The molecule has 0 amide bonds. The van der Waals surface area contributed by atoms with Crippen LogP contribution in [0, 0.1) is 5.39 Å². The summed E-state index contributed by atoms with van der Waals surface area (Å²) in [5.74, 6) is -1.25. The fourth-order valence-corrected chi connectivity index (χ4v) is 0.551. The smallest absolute Gasteiger partial charge is 0.459 e. The van der Waals surface area contributed by atoms with E-state index in [0.717, 1.165) is 0 Å². The van der Waals surface area contributed by atoms with Crippen molar-refractivity contribution in [2.24, 2.45) is 0 Å². The third kappa shape index (κ3) is 1.09. The number of nitrogens with zero attached hydrogens (tertiary/aromatic N) is 3. The molecule has 0 fully saturated rings. The second-order valence-corrected chi connectivity index (χ2v) is 1.70. The van der Waals surface area contributed by atoms with Crippen LogP contribution in [0.3, 0.4) is 0 Å². The minimum absolute atomic E-state index is 0.299. The molecule has 1 heterocycles. The predicted octanol–water partition coefficient (Wildman–Crippen LogP) is -1.09. The molecule has 0 saturated heterocycles. The summed E-state index contributed by atoms with van der Waals surface area (Å²) >= 11 is 0. The van der Waals surface area contributed by atoms with Crippen LogP contribution in [0.4, 0.5) is 11.6 Å². The third-order valence-corrected chi connectivity index (χ3v) is 0.981. The number of nitrogen functional groups attached to an aromatic ring is 1. The molecule has 1 aromatic rings. The highest BCUT2D eigenvalue weighted by Crippen LogP contribution is 2.13. The maximum absolute atomic E-state index is 10.7. The number of nitrogens with one attached hydrogen (secondary N) is 1. The number of hydrogen-bond donors (Lipinski definition) is 2. The fourth-order valence-electron chi connectivity index (χ4n) is 0.551. The number of diazo groups is 1. The Labute approximate surface area is 60.1 Å². The molecule has 0 radical (unpaired) electrons. The van der Waals surface area contributed by atoms with Gasteiger partial charge < -0.3 is 10.8 Å². The topological polar surface area (TPSA) is 123 Å². The number of H-pyrrole nitrogens is 1. The van der Waals surface area contributed by atoms with Crippen molar-refractivity contribution in [2.75, 3.05) is 5.73 Å². The van der Waals surface area contributed by atoms with E-state index in [2.05, 4.69) is 9.96 Å². The lowest BCUT2D eigenvalue weighted by Crippen LogP contribution is -2.13. The van der Waals surface area contributed by atoms with E-state index in [1.807, 2.05) is 4.98 Å². The predicted molar refractivity (Wildman–Crippen MR) is 33.5 cm³/mol. The molecule has 7 heteroatoms. The first kappa shape index (κ1) is 7.01. The van der Waals surface area contributed by atoms with Crippen molar-refractivity contribution >= 4 is 11.6 Å². The molecule has 0 aromatic carbocycles. The van der Waals surface area contributed by atoms with Gasteiger partial charge in [-0.25, -0.2) is 4.98 Å². The Kier molecular flexibility index (Phi) is 1.44. The zero-order valence-electron chi connectivity index (χ0n) is 5.24. The molecule has 0 bridgehead atoms. The molecule has 1 rings (SSSR count). The molecule has 3 N–H and O–H groups in total. The van der Waals surface area contributed by atoms with Crippen LogP contribution in [-0.4, -0.2) is 9.97 Å². The second-order valence-electron chi connectivity index (χ2n) is 1.70. The summed E-state index contributed by atoms with van der Waals surface area (Å²) in [6, 6.07) is 0. The Hall–Kier alpha value is -2.10. The van der Waals surface area contributed by atoms with Crippen molar-refractivity contribution in [3.63, 3.8) is 0 Å². The minimum atomic E-state index is -0.950. The van der Waals surface area contributed by atoms with Gasteiger partial charge in [0.05, 0.1) is 5.88 Å². The van der Waals surface area contributed by atoms with E-state index in [4.69, 9.17) is 11.1 Å². The highest BCUT2D eigenvalue weighted by Gasteiger charge is 2.14. The van der Waals surface area contributed by atoms with Crippen LogP contribution in [-0.2, 0) is 0 Å². The summed E-state index contributed by atoms with van der Waals surface area (Å²) in [5, 5.41) is 18.7. The lowest BCUT2D eigenvalue weighted by atomic mass is 10.5. The summed E-state index contributed by atoms with van der Waals surface area (Å²) in [4.78, 5) is 18.2. The Morgan fingerprint density at radius 3 is 2.82 bits per heavy atom. The summed E-state index contributed by atoms with van der Waals surface area (Å²) in [6.45, 7) is 0. The normalized spacial score (nSPS) is 9.00. The van der Waals surface area contributed by atoms with Crippen LogP contribution >= 0.6 is 0 Å². The van der Waals surface area contributed by atoms with E-state index < -0.39 is 17.1 Å². The van der Waals surface area contributed by atoms with Crippen molar-refractivity contribution in [3.05, 3.63) is 15.3 Å². The van der Waals surface area contributed by atoms with Crippen molar-refractivity contribution in [3.8, 4) is 5.88 Å². The van der Waals surface area contributed by atoms with Crippen LogP contribution in [0.2, 0.25) is 0 Å². The Morgan fingerprint density at radius 1 is 1.73 bits per heavy atom. The standard InChI is InChI=1S/C4H3N5O2/c5-4-7-2(10)1(9-6)3(11)8-4/h(H3-,5,7,8,10,11). The van der Waals surface area contributed by atoms with Gasteiger partial charge >= 0.3 is 11.2 Å². The monoisotopic (exact) mass is 153 g/mol. The Bertz CT molecular complexity index is 375. The molecule has 0 aliphatic heterocycles. The van der Waals surface area contributed by atoms with Crippen LogP contribution in [0.1, 0.15) is 0 Å². The van der Waals surface area contributed by atoms with Gasteiger partial charge in [0.15, 0.2) is 10.9 Å². The molecular weight excluding hydrogens is 150 g/mol. The second kappa shape index (κ2) is 2.26. The quantitative estimate of drug-likeness (QED) is 0.458. The van der Waals surface area contributed by atoms with Gasteiger partial charge in [-0.3, -0.25) is 9.78 Å². The van der Waals surface area contributed by atoms with Crippen LogP contribution < -0.4 is 16.4 Å². The Morgan fingerprint density at radius 2 is 2.36 bits per heavy atom. The summed E-state index contributed by atoms with van der Waals surface area (Å²) < 4.78 is 0. The molecule has 11 heavy (non-hydrogen) atoms. The maximum Gasteiger partial charge on any atom is 0.459 e. The van der Waals surface area contributed by atoms with Crippen molar-refractivity contribution < 1.29 is 5.11 Å². The molecule has 1 aromatic heterocycles. The lowest BCUT2D eigenvalue weighted by Gasteiger charge is -1.97. The van der Waals surface area contributed by atoms with E-state index >= 15 is 0 Å². The summed E-state index contributed by atoms with van der Waals surface area (Å²) in [6.07, 6.45) is 0. The summed E-state index contributed by atoms with van der Waals surface area (Å²) in [5.41, 5.74) is 3.47. The SMILES string of the molecule is N#[N+]c1c([O-])nc(N)[nH]c1=O. The van der Waals surface area contributed by atoms with E-state index in [1.165, 1.54) is 0 Å². The van der Waals surface area contributed by atoms with Crippen LogP contribution in [0.15, 0.2) is 4.79 Å². The van der Waals surface area contributed by atoms with Crippen molar-refractivity contribution in [1.82, 2.24) is 9.97 Å². The average molecular weight is 153 g/mol. The lowest BCUT2D eigenvalue weighted by molar-refractivity contribution is -0.273. The van der Waals surface area contributed by atoms with Gasteiger partial charge in [-0.15, -0.1) is 0 Å². The molecule has 0 spiro atoms. The van der Waals surface area contributed by atoms with Gasteiger partial charge in [-0.1, -0.05) is 0 Å². The average Bonchev–Trinajstić information content (AvgIpc) is 1.85. The highest BCUT2D eigenvalue weighted by molar-refractivity contribution is 5.50. The zero-order chi connectivity index (χ0) is 8.43. The van der Waals surface area contributed by atoms with Crippen LogP contribution in [0.25, 0.3) is 4.98 Å². The molecule has 0 unspecified atom stereocenters. The van der Waals surface area contributed by atoms with Gasteiger partial charge in [0.2, 0.25) is 5.39 Å². The van der Waals surface area contributed by atoms with Gasteiger partial charge in [0.1, 0.15) is 0 Å². The van der Waals surface area contributed by atoms with Crippen molar-refractivity contribution in [2.45, 2.75) is 0 Å². The van der Waals surface area contributed by atoms with Gasteiger partial charge in [0.25, 0.3) is 0 Å². The Balaban J connectivity index is 3.53. The highest BCUT2D eigenvalue weighted by atomic mass is 16.3. The zero-order valence-corrected chi connectivity index (χ0v) is 5.24. The first-order valence-corrected chi connectivity index (χ1v) is 2.57. The molecule has 0 aliphatic rings. The summed E-state index contributed by atoms with van der Waals surface area (Å²) in [7, 11) is 0. The largest absolute Gasteiger partial charge is 0.853 e. The first-order chi connectivity index (χ1) is 5.15. The first-order valence-electron chi connectivity index (χ1n) is 2.57. The maximum atomic E-state index is 10.7. The number of nitrogens with two attached hydrogens (primary N) is 1. The third-order valence-electron chi connectivity index (χ3n) is 0.981.